The minimum absolute atomic E-state index is 0.211. The first-order valence-corrected chi connectivity index (χ1v) is 7.69. The van der Waals surface area contributed by atoms with Crippen molar-refractivity contribution < 1.29 is 10.2 Å². The zero-order chi connectivity index (χ0) is 13.8. The van der Waals surface area contributed by atoms with Crippen LogP contribution in [0.3, 0.4) is 0 Å². The molecule has 0 spiro atoms. The van der Waals surface area contributed by atoms with Crippen molar-refractivity contribution in [2.75, 3.05) is 19.6 Å². The summed E-state index contributed by atoms with van der Waals surface area (Å²) in [4.78, 5) is 2.28. The van der Waals surface area contributed by atoms with Crippen molar-refractivity contribution in [2.24, 2.45) is 5.92 Å². The number of likely N-dealkylation sites (tertiary alicyclic amines) is 1. The first-order valence-electron chi connectivity index (χ1n) is 6.90. The third-order valence-electron chi connectivity index (χ3n) is 3.98. The quantitative estimate of drug-likeness (QED) is 0.893. The Bertz CT molecular complexity index is 403. The fourth-order valence-corrected chi connectivity index (χ4v) is 3.10. The maximum Gasteiger partial charge on any atom is 0.0917 e. The molecule has 1 fully saturated rings. The maximum absolute atomic E-state index is 10.3. The SMILES string of the molecule is CC(O)C1CCN(CC(O)c2cccc(Br)c2)CC1. The van der Waals surface area contributed by atoms with Crippen molar-refractivity contribution in [3.63, 3.8) is 0 Å². The van der Waals surface area contributed by atoms with Gasteiger partial charge in [-0.1, -0.05) is 28.1 Å². The van der Waals surface area contributed by atoms with Crippen molar-refractivity contribution in [3.05, 3.63) is 34.3 Å². The van der Waals surface area contributed by atoms with E-state index in [4.69, 9.17) is 0 Å². The fourth-order valence-electron chi connectivity index (χ4n) is 2.68. The number of hydrogen-bond acceptors (Lipinski definition) is 3. The monoisotopic (exact) mass is 327 g/mol. The van der Waals surface area contributed by atoms with Gasteiger partial charge >= 0.3 is 0 Å². The summed E-state index contributed by atoms with van der Waals surface area (Å²) in [5.41, 5.74) is 0.951. The van der Waals surface area contributed by atoms with Crippen LogP contribution in [0.4, 0.5) is 0 Å². The smallest absolute Gasteiger partial charge is 0.0917 e. The Labute approximate surface area is 123 Å². The summed E-state index contributed by atoms with van der Waals surface area (Å²) in [7, 11) is 0. The van der Waals surface area contributed by atoms with Crippen LogP contribution in [0, 0.1) is 5.92 Å². The number of hydrogen-bond donors (Lipinski definition) is 2. The van der Waals surface area contributed by atoms with Gasteiger partial charge < -0.3 is 15.1 Å². The highest BCUT2D eigenvalue weighted by atomic mass is 79.9. The Morgan fingerprint density at radius 2 is 2.00 bits per heavy atom. The van der Waals surface area contributed by atoms with Gasteiger partial charge in [-0.2, -0.15) is 0 Å². The van der Waals surface area contributed by atoms with Crippen LogP contribution >= 0.6 is 15.9 Å². The molecule has 2 rings (SSSR count). The summed E-state index contributed by atoms with van der Waals surface area (Å²) in [5.74, 6) is 0.416. The van der Waals surface area contributed by atoms with E-state index < -0.39 is 6.10 Å². The highest BCUT2D eigenvalue weighted by Crippen LogP contribution is 2.24. The second kappa shape index (κ2) is 6.84. The Balaban J connectivity index is 1.85. The number of aliphatic hydroxyl groups is 2. The molecule has 0 amide bonds. The van der Waals surface area contributed by atoms with Gasteiger partial charge in [0.05, 0.1) is 12.2 Å². The van der Waals surface area contributed by atoms with Gasteiger partial charge in [-0.05, 0) is 56.5 Å². The summed E-state index contributed by atoms with van der Waals surface area (Å²) in [6.07, 6.45) is 1.38. The Morgan fingerprint density at radius 3 is 2.58 bits per heavy atom. The topological polar surface area (TPSA) is 43.7 Å². The van der Waals surface area contributed by atoms with Gasteiger partial charge in [0.15, 0.2) is 0 Å². The van der Waals surface area contributed by atoms with Crippen LogP contribution in [-0.2, 0) is 0 Å². The zero-order valence-corrected chi connectivity index (χ0v) is 12.9. The lowest BCUT2D eigenvalue weighted by Gasteiger charge is -2.34. The molecule has 0 radical (unpaired) electrons. The summed E-state index contributed by atoms with van der Waals surface area (Å²) in [6, 6.07) is 7.83. The first-order chi connectivity index (χ1) is 9.06. The molecule has 0 saturated carbocycles. The van der Waals surface area contributed by atoms with E-state index in [0.29, 0.717) is 12.5 Å². The molecule has 2 atom stereocenters. The van der Waals surface area contributed by atoms with Crippen molar-refractivity contribution >= 4 is 15.9 Å². The van der Waals surface area contributed by atoms with Gasteiger partial charge in [-0.25, -0.2) is 0 Å². The average molecular weight is 328 g/mol. The number of halogens is 1. The van der Waals surface area contributed by atoms with Gasteiger partial charge in [0, 0.05) is 11.0 Å². The number of piperidine rings is 1. The van der Waals surface area contributed by atoms with Gasteiger partial charge in [0.2, 0.25) is 0 Å². The molecule has 106 valence electrons. The van der Waals surface area contributed by atoms with E-state index in [2.05, 4.69) is 20.8 Å². The van der Waals surface area contributed by atoms with Crippen LogP contribution in [0.15, 0.2) is 28.7 Å². The standard InChI is InChI=1S/C15H22BrNO2/c1-11(18)12-5-7-17(8-6-12)10-15(19)13-3-2-4-14(16)9-13/h2-4,9,11-12,15,18-19H,5-8,10H2,1H3. The molecular formula is C15H22BrNO2. The number of aliphatic hydroxyl groups excluding tert-OH is 2. The molecule has 0 aliphatic carbocycles. The lowest BCUT2D eigenvalue weighted by atomic mass is 9.92. The summed E-state index contributed by atoms with van der Waals surface area (Å²) in [5, 5.41) is 19.8. The predicted molar refractivity (Wildman–Crippen MR) is 79.9 cm³/mol. The normalized spacial score (nSPS) is 21.3. The van der Waals surface area contributed by atoms with Gasteiger partial charge in [0.1, 0.15) is 0 Å². The van der Waals surface area contributed by atoms with Crippen molar-refractivity contribution in [1.82, 2.24) is 4.90 Å². The van der Waals surface area contributed by atoms with E-state index in [1.807, 2.05) is 31.2 Å². The van der Waals surface area contributed by atoms with E-state index in [-0.39, 0.29) is 6.10 Å². The molecule has 2 N–H and O–H groups in total. The van der Waals surface area contributed by atoms with Crippen molar-refractivity contribution in [3.8, 4) is 0 Å². The summed E-state index contributed by atoms with van der Waals surface area (Å²) >= 11 is 3.43. The molecule has 0 aromatic heterocycles. The Hall–Kier alpha value is -0.420. The molecule has 1 saturated heterocycles. The molecule has 19 heavy (non-hydrogen) atoms. The second-order valence-corrected chi connectivity index (χ2v) is 6.37. The Kier molecular flexibility index (Phi) is 5.39. The van der Waals surface area contributed by atoms with E-state index in [0.717, 1.165) is 36.0 Å². The third-order valence-corrected chi connectivity index (χ3v) is 4.47. The van der Waals surface area contributed by atoms with Crippen LogP contribution < -0.4 is 0 Å². The summed E-state index contributed by atoms with van der Waals surface area (Å²) < 4.78 is 0.997. The predicted octanol–water partition coefficient (Wildman–Crippen LogP) is 2.58. The van der Waals surface area contributed by atoms with Crippen molar-refractivity contribution in [1.29, 1.82) is 0 Å². The molecule has 0 bridgehead atoms. The van der Waals surface area contributed by atoms with Crippen LogP contribution in [0.5, 0.6) is 0 Å². The van der Waals surface area contributed by atoms with Gasteiger partial charge in [-0.3, -0.25) is 0 Å². The van der Waals surface area contributed by atoms with E-state index in [9.17, 15) is 10.2 Å². The van der Waals surface area contributed by atoms with Crippen LogP contribution in [0.1, 0.15) is 31.4 Å². The second-order valence-electron chi connectivity index (χ2n) is 5.45. The molecule has 1 aliphatic rings. The Morgan fingerprint density at radius 1 is 1.32 bits per heavy atom. The largest absolute Gasteiger partial charge is 0.393 e. The molecule has 1 heterocycles. The molecule has 1 aliphatic heterocycles. The zero-order valence-electron chi connectivity index (χ0n) is 11.3. The van der Waals surface area contributed by atoms with Crippen LogP contribution in [0.2, 0.25) is 0 Å². The minimum Gasteiger partial charge on any atom is -0.393 e. The number of nitrogens with zero attached hydrogens (tertiary/aromatic N) is 1. The first kappa shape index (κ1) is 15.0. The maximum atomic E-state index is 10.3. The molecule has 1 aromatic rings. The number of β-amino-alcohol motifs (C(OH)–C–C–N with tert-alkyl or cyclic N) is 1. The lowest BCUT2D eigenvalue weighted by Crippen LogP contribution is -2.39. The van der Waals surface area contributed by atoms with Gasteiger partial charge in [0.25, 0.3) is 0 Å². The molecule has 4 heteroatoms. The van der Waals surface area contributed by atoms with E-state index in [1.54, 1.807) is 0 Å². The fraction of sp³-hybridized carbons (Fsp3) is 0.600. The highest BCUT2D eigenvalue weighted by molar-refractivity contribution is 9.10. The van der Waals surface area contributed by atoms with Crippen LogP contribution in [0.25, 0.3) is 0 Å². The summed E-state index contributed by atoms with van der Waals surface area (Å²) in [6.45, 7) is 4.46. The van der Waals surface area contributed by atoms with E-state index >= 15 is 0 Å². The van der Waals surface area contributed by atoms with Gasteiger partial charge in [-0.15, -0.1) is 0 Å². The molecular weight excluding hydrogens is 306 g/mol. The number of rotatable bonds is 4. The minimum atomic E-state index is -0.444. The average Bonchev–Trinajstić information content (AvgIpc) is 2.39. The molecule has 2 unspecified atom stereocenters. The highest BCUT2D eigenvalue weighted by Gasteiger charge is 2.24. The van der Waals surface area contributed by atoms with Crippen LogP contribution in [-0.4, -0.2) is 40.9 Å². The third kappa shape index (κ3) is 4.28. The molecule has 3 nitrogen and oxygen atoms in total. The van der Waals surface area contributed by atoms with Crippen molar-refractivity contribution in [2.45, 2.75) is 32.0 Å². The lowest BCUT2D eigenvalue weighted by molar-refractivity contribution is 0.0485. The number of benzene rings is 1. The van der Waals surface area contributed by atoms with E-state index in [1.165, 1.54) is 0 Å². The molecule has 1 aromatic carbocycles.